The molecule has 18 heavy (non-hydrogen) atoms. The van der Waals surface area contributed by atoms with Crippen molar-refractivity contribution in [3.63, 3.8) is 0 Å². The van der Waals surface area contributed by atoms with Crippen LogP contribution < -0.4 is 5.73 Å². The molecular weight excluding hydrogens is 303 g/mol. The SMILES string of the molecule is CC(C)C(c1cc(F)c(Br)cc1[N+](=O)[O-])C(C)N. The first-order chi connectivity index (χ1) is 8.25. The fourth-order valence-electron chi connectivity index (χ4n) is 2.23. The van der Waals surface area contributed by atoms with Crippen molar-refractivity contribution >= 4 is 21.6 Å². The quantitative estimate of drug-likeness (QED) is 0.681. The summed E-state index contributed by atoms with van der Waals surface area (Å²) in [7, 11) is 0. The molecule has 0 saturated heterocycles. The summed E-state index contributed by atoms with van der Waals surface area (Å²) in [4.78, 5) is 10.6. The molecule has 0 amide bonds. The van der Waals surface area contributed by atoms with Gasteiger partial charge in [0.15, 0.2) is 0 Å². The largest absolute Gasteiger partial charge is 0.327 e. The zero-order valence-corrected chi connectivity index (χ0v) is 12.1. The van der Waals surface area contributed by atoms with Gasteiger partial charge in [-0.25, -0.2) is 4.39 Å². The maximum Gasteiger partial charge on any atom is 0.274 e. The second-order valence-electron chi connectivity index (χ2n) is 4.71. The van der Waals surface area contributed by atoms with E-state index in [2.05, 4.69) is 15.9 Å². The van der Waals surface area contributed by atoms with E-state index in [0.29, 0.717) is 5.56 Å². The molecule has 4 nitrogen and oxygen atoms in total. The van der Waals surface area contributed by atoms with Crippen LogP contribution in [-0.2, 0) is 0 Å². The smallest absolute Gasteiger partial charge is 0.274 e. The molecule has 0 aromatic heterocycles. The summed E-state index contributed by atoms with van der Waals surface area (Å²) < 4.78 is 13.7. The molecule has 0 spiro atoms. The van der Waals surface area contributed by atoms with E-state index in [4.69, 9.17) is 5.73 Å². The normalized spacial score (nSPS) is 14.6. The summed E-state index contributed by atoms with van der Waals surface area (Å²) in [6.07, 6.45) is 0. The van der Waals surface area contributed by atoms with E-state index in [1.54, 1.807) is 6.92 Å². The van der Waals surface area contributed by atoms with Gasteiger partial charge in [-0.3, -0.25) is 10.1 Å². The van der Waals surface area contributed by atoms with Crippen LogP contribution >= 0.6 is 15.9 Å². The van der Waals surface area contributed by atoms with Crippen molar-refractivity contribution in [2.45, 2.75) is 32.7 Å². The Labute approximate surface area is 114 Å². The van der Waals surface area contributed by atoms with Crippen molar-refractivity contribution in [1.82, 2.24) is 0 Å². The molecule has 0 saturated carbocycles. The van der Waals surface area contributed by atoms with Crippen LogP contribution in [0.2, 0.25) is 0 Å². The van der Waals surface area contributed by atoms with E-state index in [1.165, 1.54) is 12.1 Å². The first-order valence-corrected chi connectivity index (χ1v) is 6.44. The lowest BCUT2D eigenvalue weighted by Crippen LogP contribution is -2.29. The molecule has 1 aromatic carbocycles. The van der Waals surface area contributed by atoms with Crippen molar-refractivity contribution in [1.29, 1.82) is 0 Å². The van der Waals surface area contributed by atoms with E-state index in [-0.39, 0.29) is 28.0 Å². The lowest BCUT2D eigenvalue weighted by Gasteiger charge is -2.25. The highest BCUT2D eigenvalue weighted by Gasteiger charge is 2.29. The van der Waals surface area contributed by atoms with Crippen LogP contribution in [0.4, 0.5) is 10.1 Å². The molecule has 0 radical (unpaired) electrons. The lowest BCUT2D eigenvalue weighted by molar-refractivity contribution is -0.386. The highest BCUT2D eigenvalue weighted by molar-refractivity contribution is 9.10. The summed E-state index contributed by atoms with van der Waals surface area (Å²) in [5, 5.41) is 11.1. The molecule has 2 N–H and O–H groups in total. The number of nitro groups is 1. The van der Waals surface area contributed by atoms with Gasteiger partial charge < -0.3 is 5.73 Å². The van der Waals surface area contributed by atoms with Gasteiger partial charge in [0, 0.05) is 23.6 Å². The fraction of sp³-hybridized carbons (Fsp3) is 0.500. The fourth-order valence-corrected chi connectivity index (χ4v) is 2.56. The number of nitrogens with two attached hydrogens (primary N) is 1. The topological polar surface area (TPSA) is 69.2 Å². The second kappa shape index (κ2) is 5.75. The third kappa shape index (κ3) is 3.05. The predicted molar refractivity (Wildman–Crippen MR) is 72.0 cm³/mol. The van der Waals surface area contributed by atoms with Gasteiger partial charge in [0.25, 0.3) is 5.69 Å². The van der Waals surface area contributed by atoms with E-state index in [9.17, 15) is 14.5 Å². The summed E-state index contributed by atoms with van der Waals surface area (Å²) in [6, 6.07) is 2.11. The molecule has 6 heteroatoms. The van der Waals surface area contributed by atoms with Gasteiger partial charge >= 0.3 is 0 Å². The monoisotopic (exact) mass is 318 g/mol. The van der Waals surface area contributed by atoms with Crippen molar-refractivity contribution in [3.05, 3.63) is 38.1 Å². The first kappa shape index (κ1) is 15.0. The van der Waals surface area contributed by atoms with Crippen LogP contribution in [0.1, 0.15) is 32.3 Å². The van der Waals surface area contributed by atoms with Gasteiger partial charge in [0.1, 0.15) is 5.82 Å². The number of hydrogen-bond donors (Lipinski definition) is 1. The summed E-state index contributed by atoms with van der Waals surface area (Å²) in [6.45, 7) is 5.60. The second-order valence-corrected chi connectivity index (χ2v) is 5.57. The third-order valence-corrected chi connectivity index (χ3v) is 3.52. The molecular formula is C12H16BrFN2O2. The standard InChI is InChI=1S/C12H16BrFN2O2/c1-6(2)12(7(3)15)8-4-10(14)9(13)5-11(8)16(17)18/h4-7,12H,15H2,1-3H3. The van der Waals surface area contributed by atoms with Gasteiger partial charge in [-0.1, -0.05) is 13.8 Å². The highest BCUT2D eigenvalue weighted by atomic mass is 79.9. The average Bonchev–Trinajstić information content (AvgIpc) is 2.21. The number of benzene rings is 1. The van der Waals surface area contributed by atoms with E-state index in [0.717, 1.165) is 0 Å². The van der Waals surface area contributed by atoms with Crippen LogP contribution in [0, 0.1) is 21.8 Å². The number of nitro benzene ring substituents is 1. The van der Waals surface area contributed by atoms with Crippen molar-refractivity contribution in [2.75, 3.05) is 0 Å². The van der Waals surface area contributed by atoms with Gasteiger partial charge in [0.05, 0.1) is 9.40 Å². The molecule has 1 rings (SSSR count). The Kier molecular flexibility index (Phi) is 4.81. The Morgan fingerprint density at radius 1 is 1.39 bits per heavy atom. The average molecular weight is 319 g/mol. The van der Waals surface area contributed by atoms with Crippen LogP contribution in [0.3, 0.4) is 0 Å². The van der Waals surface area contributed by atoms with E-state index in [1.807, 2.05) is 13.8 Å². The molecule has 2 atom stereocenters. The minimum atomic E-state index is -0.512. The molecule has 0 bridgehead atoms. The number of hydrogen-bond acceptors (Lipinski definition) is 3. The zero-order chi connectivity index (χ0) is 14.0. The highest BCUT2D eigenvalue weighted by Crippen LogP contribution is 2.36. The van der Waals surface area contributed by atoms with Crippen molar-refractivity contribution < 1.29 is 9.31 Å². The molecule has 100 valence electrons. The van der Waals surface area contributed by atoms with E-state index >= 15 is 0 Å². The number of nitrogens with zero attached hydrogens (tertiary/aromatic N) is 1. The number of halogens is 2. The minimum Gasteiger partial charge on any atom is -0.327 e. The summed E-state index contributed by atoms with van der Waals surface area (Å²) in [5.41, 5.74) is 6.12. The van der Waals surface area contributed by atoms with Crippen molar-refractivity contribution in [3.8, 4) is 0 Å². The number of rotatable bonds is 4. The maximum absolute atomic E-state index is 13.6. The Bertz CT molecular complexity index is 456. The Balaban J connectivity index is 3.45. The summed E-state index contributed by atoms with van der Waals surface area (Å²) >= 11 is 2.96. The molecule has 0 heterocycles. The minimum absolute atomic E-state index is 0.0873. The van der Waals surface area contributed by atoms with Crippen LogP contribution in [0.5, 0.6) is 0 Å². The van der Waals surface area contributed by atoms with Crippen LogP contribution in [0.25, 0.3) is 0 Å². The molecule has 0 fully saturated rings. The predicted octanol–water partition coefficient (Wildman–Crippen LogP) is 3.58. The first-order valence-electron chi connectivity index (χ1n) is 5.64. The molecule has 1 aromatic rings. The molecule has 0 aliphatic rings. The van der Waals surface area contributed by atoms with Crippen molar-refractivity contribution in [2.24, 2.45) is 11.7 Å². The van der Waals surface area contributed by atoms with Gasteiger partial charge in [-0.15, -0.1) is 0 Å². The van der Waals surface area contributed by atoms with Gasteiger partial charge in [-0.05, 0) is 34.8 Å². The van der Waals surface area contributed by atoms with Crippen LogP contribution in [0.15, 0.2) is 16.6 Å². The Hall–Kier alpha value is -1.01. The Morgan fingerprint density at radius 3 is 2.33 bits per heavy atom. The van der Waals surface area contributed by atoms with E-state index < -0.39 is 10.7 Å². The summed E-state index contributed by atoms with van der Waals surface area (Å²) in [5.74, 6) is -0.681. The van der Waals surface area contributed by atoms with Gasteiger partial charge in [0.2, 0.25) is 0 Å². The maximum atomic E-state index is 13.6. The zero-order valence-electron chi connectivity index (χ0n) is 10.5. The molecule has 2 unspecified atom stereocenters. The van der Waals surface area contributed by atoms with Crippen LogP contribution in [-0.4, -0.2) is 11.0 Å². The van der Waals surface area contributed by atoms with Gasteiger partial charge in [-0.2, -0.15) is 0 Å². The Morgan fingerprint density at radius 2 is 1.94 bits per heavy atom. The lowest BCUT2D eigenvalue weighted by atomic mass is 9.82. The third-order valence-electron chi connectivity index (χ3n) is 2.91. The molecule has 0 aliphatic heterocycles. The molecule has 0 aliphatic carbocycles.